The Kier molecular flexibility index (Phi) is 6.72. The van der Waals surface area contributed by atoms with Gasteiger partial charge in [0, 0.05) is 41.6 Å². The quantitative estimate of drug-likeness (QED) is 0.793. The molecule has 0 unspecified atom stereocenters. The molecule has 0 bridgehead atoms. The molecule has 1 aliphatic rings. The molecule has 1 N–H and O–H groups in total. The first kappa shape index (κ1) is 19.0. The Hall–Kier alpha value is -0.360. The highest BCUT2D eigenvalue weighted by Crippen LogP contribution is 2.40. The van der Waals surface area contributed by atoms with Crippen LogP contribution in [0.5, 0.6) is 0 Å². The molecule has 126 valence electrons. The molecular weight excluding hydrogens is 378 g/mol. The molecule has 2 nitrogen and oxygen atoms in total. The molecule has 7 heteroatoms. The first-order valence-electron chi connectivity index (χ1n) is 7.22. The monoisotopic (exact) mass is 394 g/mol. The van der Waals surface area contributed by atoms with Gasteiger partial charge in [-0.2, -0.15) is 0 Å². The highest BCUT2D eigenvalue weighted by molar-refractivity contribution is 7.16. The van der Waals surface area contributed by atoms with Crippen molar-refractivity contribution in [2.24, 2.45) is 0 Å². The van der Waals surface area contributed by atoms with Crippen molar-refractivity contribution in [3.8, 4) is 0 Å². The molecule has 23 heavy (non-hydrogen) atoms. The van der Waals surface area contributed by atoms with Gasteiger partial charge in [-0.25, -0.2) is 4.39 Å². The fraction of sp³-hybridized carbons (Fsp3) is 0.375. The summed E-state index contributed by atoms with van der Waals surface area (Å²) in [5.74, 6) is -0.222. The van der Waals surface area contributed by atoms with Gasteiger partial charge in [0.1, 0.15) is 5.82 Å². The van der Waals surface area contributed by atoms with Crippen molar-refractivity contribution in [2.75, 3.05) is 26.2 Å². The third-order valence-electron chi connectivity index (χ3n) is 3.97. The van der Waals surface area contributed by atoms with Crippen LogP contribution in [0.1, 0.15) is 22.0 Å². The van der Waals surface area contributed by atoms with Crippen molar-refractivity contribution in [2.45, 2.75) is 13.0 Å². The van der Waals surface area contributed by atoms with Crippen LogP contribution in [0.3, 0.4) is 0 Å². The number of nitrogens with one attached hydrogen (secondary N) is 1. The average Bonchev–Trinajstić information content (AvgIpc) is 2.94. The Morgan fingerprint density at radius 3 is 2.48 bits per heavy atom. The highest BCUT2D eigenvalue weighted by atomic mass is 35.5. The summed E-state index contributed by atoms with van der Waals surface area (Å²) < 4.78 is 15.5. The minimum absolute atomic E-state index is 0. The Bertz CT molecular complexity index is 671. The smallest absolute Gasteiger partial charge is 0.132 e. The highest BCUT2D eigenvalue weighted by Gasteiger charge is 2.30. The van der Waals surface area contributed by atoms with Gasteiger partial charge in [0.15, 0.2) is 0 Å². The number of nitrogens with zero attached hydrogens (tertiary/aromatic N) is 1. The van der Waals surface area contributed by atoms with Crippen molar-refractivity contribution in [3.05, 3.63) is 55.4 Å². The van der Waals surface area contributed by atoms with Crippen molar-refractivity contribution in [1.29, 1.82) is 0 Å². The molecule has 0 radical (unpaired) electrons. The summed E-state index contributed by atoms with van der Waals surface area (Å²) in [7, 11) is 0. The zero-order valence-electron chi connectivity index (χ0n) is 12.6. The van der Waals surface area contributed by atoms with E-state index >= 15 is 0 Å². The van der Waals surface area contributed by atoms with E-state index in [0.29, 0.717) is 20.5 Å². The molecule has 1 atom stereocenters. The van der Waals surface area contributed by atoms with E-state index in [2.05, 4.69) is 10.2 Å². The molecule has 2 heterocycles. The summed E-state index contributed by atoms with van der Waals surface area (Å²) in [6.45, 7) is 5.25. The third-order valence-corrected chi connectivity index (χ3v) is 5.59. The lowest BCUT2D eigenvalue weighted by Crippen LogP contribution is -2.45. The zero-order chi connectivity index (χ0) is 15.7. The number of aryl methyl sites for hydroxylation is 1. The largest absolute Gasteiger partial charge is 0.314 e. The number of benzene rings is 1. The first-order valence-corrected chi connectivity index (χ1v) is 8.79. The second-order valence-corrected chi connectivity index (χ2v) is 7.58. The summed E-state index contributed by atoms with van der Waals surface area (Å²) in [6, 6.07) is 7.14. The van der Waals surface area contributed by atoms with Crippen molar-refractivity contribution < 1.29 is 4.39 Å². The number of thiophene rings is 1. The van der Waals surface area contributed by atoms with E-state index in [1.54, 1.807) is 19.1 Å². The number of rotatable bonds is 3. The summed E-state index contributed by atoms with van der Waals surface area (Å²) >= 11 is 13.9. The minimum Gasteiger partial charge on any atom is -0.314 e. The van der Waals surface area contributed by atoms with Crippen LogP contribution in [-0.2, 0) is 0 Å². The lowest BCUT2D eigenvalue weighted by atomic mass is 9.99. The van der Waals surface area contributed by atoms with E-state index in [0.717, 1.165) is 31.1 Å². The molecule has 0 amide bonds. The van der Waals surface area contributed by atoms with Gasteiger partial charge in [-0.1, -0.05) is 29.3 Å². The Morgan fingerprint density at radius 2 is 1.87 bits per heavy atom. The molecule has 2 aromatic rings. The minimum atomic E-state index is -0.222. The summed E-state index contributed by atoms with van der Waals surface area (Å²) in [5.41, 5.74) is 1.17. The van der Waals surface area contributed by atoms with E-state index in [4.69, 9.17) is 23.2 Å². The van der Waals surface area contributed by atoms with Gasteiger partial charge in [0.25, 0.3) is 0 Å². The van der Waals surface area contributed by atoms with E-state index in [1.807, 2.05) is 12.1 Å². The van der Waals surface area contributed by atoms with Crippen LogP contribution >= 0.6 is 46.9 Å². The Morgan fingerprint density at radius 1 is 1.17 bits per heavy atom. The van der Waals surface area contributed by atoms with Gasteiger partial charge >= 0.3 is 0 Å². The molecular formula is C16H18Cl3FN2S. The second kappa shape index (κ2) is 8.15. The molecule has 3 rings (SSSR count). The molecule has 1 fully saturated rings. The van der Waals surface area contributed by atoms with E-state index in [-0.39, 0.29) is 24.3 Å². The maximum Gasteiger partial charge on any atom is 0.132 e. The Balaban J connectivity index is 0.00000192. The molecule has 1 saturated heterocycles. The maximum absolute atomic E-state index is 14.8. The molecule has 0 spiro atoms. The van der Waals surface area contributed by atoms with Gasteiger partial charge in [-0.3, -0.25) is 4.90 Å². The summed E-state index contributed by atoms with van der Waals surface area (Å²) in [4.78, 5) is 3.29. The van der Waals surface area contributed by atoms with Gasteiger partial charge in [0.2, 0.25) is 0 Å². The fourth-order valence-corrected chi connectivity index (χ4v) is 4.30. The van der Waals surface area contributed by atoms with Crippen molar-refractivity contribution in [1.82, 2.24) is 10.2 Å². The van der Waals surface area contributed by atoms with Crippen LogP contribution in [0.25, 0.3) is 0 Å². The summed E-state index contributed by atoms with van der Waals surface area (Å²) in [6.07, 6.45) is 0. The van der Waals surface area contributed by atoms with Crippen LogP contribution in [0.4, 0.5) is 4.39 Å². The predicted octanol–water partition coefficient (Wildman–Crippen LogP) is 4.92. The Labute approximate surface area is 156 Å². The van der Waals surface area contributed by atoms with E-state index in [9.17, 15) is 4.39 Å². The molecule has 0 aliphatic carbocycles. The molecule has 1 aromatic carbocycles. The number of hydrogen-bond acceptors (Lipinski definition) is 3. The number of halogens is 4. The fourth-order valence-electron chi connectivity index (χ4n) is 2.85. The van der Waals surface area contributed by atoms with Crippen LogP contribution in [0.15, 0.2) is 24.3 Å². The normalized spacial score (nSPS) is 16.9. The van der Waals surface area contributed by atoms with Gasteiger partial charge < -0.3 is 5.32 Å². The number of piperazine rings is 1. The summed E-state index contributed by atoms with van der Waals surface area (Å²) in [5, 5.41) is 3.80. The van der Waals surface area contributed by atoms with Gasteiger partial charge in [0.05, 0.1) is 10.4 Å². The lowest BCUT2D eigenvalue weighted by molar-refractivity contribution is 0.197. The lowest BCUT2D eigenvalue weighted by Gasteiger charge is -2.35. The molecule has 0 saturated carbocycles. The topological polar surface area (TPSA) is 15.3 Å². The van der Waals surface area contributed by atoms with E-state index in [1.165, 1.54) is 11.3 Å². The van der Waals surface area contributed by atoms with Crippen LogP contribution in [0.2, 0.25) is 9.36 Å². The molecule has 1 aliphatic heterocycles. The SMILES string of the molecule is Cc1ccc(Cl)c([C@@H](c2ccc(Cl)s2)N2CCNCC2)c1F.Cl. The van der Waals surface area contributed by atoms with Crippen molar-refractivity contribution >= 4 is 46.9 Å². The zero-order valence-corrected chi connectivity index (χ0v) is 15.8. The number of hydrogen-bond donors (Lipinski definition) is 1. The van der Waals surface area contributed by atoms with Crippen LogP contribution in [0, 0.1) is 12.7 Å². The average molecular weight is 396 g/mol. The predicted molar refractivity (Wildman–Crippen MR) is 99.0 cm³/mol. The second-order valence-electron chi connectivity index (χ2n) is 5.42. The standard InChI is InChI=1S/C16H17Cl2FN2S.ClH/c1-10-2-3-11(17)14(15(10)19)16(12-4-5-13(18)22-12)21-8-6-20-7-9-21;/h2-5,16,20H,6-9H2,1H3;1H/t16-;/m1./s1. The first-order chi connectivity index (χ1) is 10.6. The van der Waals surface area contributed by atoms with Gasteiger partial charge in [-0.15, -0.1) is 23.7 Å². The molecule has 1 aromatic heterocycles. The van der Waals surface area contributed by atoms with Crippen LogP contribution in [-0.4, -0.2) is 31.1 Å². The maximum atomic E-state index is 14.8. The van der Waals surface area contributed by atoms with Crippen LogP contribution < -0.4 is 5.32 Å². The van der Waals surface area contributed by atoms with E-state index < -0.39 is 0 Å². The van der Waals surface area contributed by atoms with Crippen molar-refractivity contribution in [3.63, 3.8) is 0 Å². The third kappa shape index (κ3) is 4.01. The van der Waals surface area contributed by atoms with Gasteiger partial charge in [-0.05, 0) is 30.7 Å².